The fourth-order valence-electron chi connectivity index (χ4n) is 4.76. The Kier molecular flexibility index (Phi) is 2.48. The first-order valence-electron chi connectivity index (χ1n) is 7.89. The molecule has 106 valence electrons. The Hall–Kier alpha value is -1.15. The molecule has 4 rings (SSSR count). The molecule has 2 heterocycles. The summed E-state index contributed by atoms with van der Waals surface area (Å²) in [4.78, 5) is 11.6. The van der Waals surface area contributed by atoms with E-state index in [1.54, 1.807) is 12.2 Å². The molecule has 1 saturated heterocycles. The van der Waals surface area contributed by atoms with Crippen molar-refractivity contribution in [1.82, 2.24) is 0 Å². The lowest BCUT2D eigenvalue weighted by Gasteiger charge is -2.42. The maximum Gasteiger partial charge on any atom is 0.178 e. The van der Waals surface area contributed by atoms with E-state index in [0.29, 0.717) is 5.92 Å². The third kappa shape index (κ3) is 1.52. The van der Waals surface area contributed by atoms with Gasteiger partial charge in [-0.2, -0.15) is 0 Å². The van der Waals surface area contributed by atoms with Crippen LogP contribution in [0.4, 0.5) is 0 Å². The standard InChI is InChI=1S/C18H22O2/c1-12-3-4-16(13(12)2)18-7-5-14-11-15(19)6-8-17(14,20-18)9-10-18/h5-8,11-13,16H,3-4,9-10H2,1-2H3/t12-,13-,16+,17-,18-/m0/s1. The highest BCUT2D eigenvalue weighted by molar-refractivity contribution is 6.02. The number of rotatable bonds is 1. The Balaban J connectivity index is 1.73. The summed E-state index contributed by atoms with van der Waals surface area (Å²) in [5.41, 5.74) is 0.650. The minimum atomic E-state index is -0.311. The first-order valence-corrected chi connectivity index (χ1v) is 7.89. The summed E-state index contributed by atoms with van der Waals surface area (Å²) in [6.45, 7) is 4.74. The summed E-state index contributed by atoms with van der Waals surface area (Å²) < 4.78 is 6.63. The summed E-state index contributed by atoms with van der Waals surface area (Å²) in [7, 11) is 0. The van der Waals surface area contributed by atoms with Crippen molar-refractivity contribution in [3.05, 3.63) is 36.0 Å². The highest BCUT2D eigenvalue weighted by atomic mass is 16.5. The molecule has 1 spiro atoms. The van der Waals surface area contributed by atoms with Gasteiger partial charge in [0.15, 0.2) is 5.78 Å². The summed E-state index contributed by atoms with van der Waals surface area (Å²) in [5.74, 6) is 2.22. The van der Waals surface area contributed by atoms with E-state index in [0.717, 1.165) is 30.3 Å². The molecule has 2 heteroatoms. The highest BCUT2D eigenvalue weighted by Gasteiger charge is 2.57. The number of fused-ring (bicyclic) bond motifs is 1. The van der Waals surface area contributed by atoms with E-state index in [4.69, 9.17) is 4.74 Å². The van der Waals surface area contributed by atoms with Crippen molar-refractivity contribution in [2.75, 3.05) is 0 Å². The summed E-state index contributed by atoms with van der Waals surface area (Å²) >= 11 is 0. The largest absolute Gasteiger partial charge is 0.355 e. The van der Waals surface area contributed by atoms with Gasteiger partial charge in [-0.05, 0) is 60.8 Å². The molecule has 4 aliphatic rings. The van der Waals surface area contributed by atoms with Gasteiger partial charge in [0.1, 0.15) is 5.60 Å². The highest BCUT2D eigenvalue weighted by Crippen LogP contribution is 2.57. The van der Waals surface area contributed by atoms with Gasteiger partial charge in [-0.1, -0.05) is 32.4 Å². The van der Waals surface area contributed by atoms with Crippen LogP contribution in [0.1, 0.15) is 39.5 Å². The average molecular weight is 270 g/mol. The fraction of sp³-hybridized carbons (Fsp3) is 0.611. The quantitative estimate of drug-likeness (QED) is 0.728. The second-order valence-corrected chi connectivity index (χ2v) is 7.14. The summed E-state index contributed by atoms with van der Waals surface area (Å²) in [6.07, 6.45) is 14.5. The Labute approximate surface area is 120 Å². The van der Waals surface area contributed by atoms with Crippen LogP contribution in [-0.2, 0) is 9.53 Å². The van der Waals surface area contributed by atoms with Crippen molar-refractivity contribution < 1.29 is 9.53 Å². The van der Waals surface area contributed by atoms with Crippen molar-refractivity contribution in [3.8, 4) is 0 Å². The lowest BCUT2D eigenvalue weighted by atomic mass is 9.77. The molecule has 0 aromatic carbocycles. The van der Waals surface area contributed by atoms with Gasteiger partial charge >= 0.3 is 0 Å². The number of carbonyl (C=O) groups excluding carboxylic acids is 1. The molecule has 2 nitrogen and oxygen atoms in total. The van der Waals surface area contributed by atoms with Gasteiger partial charge in [0, 0.05) is 0 Å². The summed E-state index contributed by atoms with van der Waals surface area (Å²) in [6, 6.07) is 0. The Bertz CT molecular complexity index is 556. The van der Waals surface area contributed by atoms with Crippen molar-refractivity contribution in [1.29, 1.82) is 0 Å². The molecule has 0 aromatic heterocycles. The van der Waals surface area contributed by atoms with Crippen LogP contribution < -0.4 is 0 Å². The lowest BCUT2D eigenvalue weighted by Crippen LogP contribution is -2.44. The van der Waals surface area contributed by atoms with Crippen molar-refractivity contribution >= 4 is 5.78 Å². The Morgan fingerprint density at radius 2 is 2.00 bits per heavy atom. The minimum Gasteiger partial charge on any atom is -0.355 e. The fourth-order valence-corrected chi connectivity index (χ4v) is 4.76. The maximum atomic E-state index is 11.6. The van der Waals surface area contributed by atoms with Gasteiger partial charge < -0.3 is 4.74 Å². The monoisotopic (exact) mass is 270 g/mol. The van der Waals surface area contributed by atoms with Crippen molar-refractivity contribution in [2.24, 2.45) is 17.8 Å². The zero-order valence-electron chi connectivity index (χ0n) is 12.3. The molecule has 0 aromatic rings. The van der Waals surface area contributed by atoms with Gasteiger partial charge in [0.2, 0.25) is 0 Å². The maximum absolute atomic E-state index is 11.6. The van der Waals surface area contributed by atoms with Gasteiger partial charge in [0.25, 0.3) is 0 Å². The molecule has 0 unspecified atom stereocenters. The van der Waals surface area contributed by atoms with Crippen LogP contribution in [0.15, 0.2) is 36.0 Å². The van der Waals surface area contributed by atoms with Crippen LogP contribution in [0.5, 0.6) is 0 Å². The minimum absolute atomic E-state index is 0.0844. The molecular formula is C18H22O2. The molecule has 1 saturated carbocycles. The lowest BCUT2D eigenvalue weighted by molar-refractivity contribution is -0.112. The third-order valence-corrected chi connectivity index (χ3v) is 6.20. The number of hydrogen-bond donors (Lipinski definition) is 0. The Morgan fingerprint density at radius 3 is 2.75 bits per heavy atom. The number of allylic oxidation sites excluding steroid dienone is 2. The normalized spacial score (nSPS) is 49.4. The zero-order chi connectivity index (χ0) is 14.0. The van der Waals surface area contributed by atoms with Crippen LogP contribution >= 0.6 is 0 Å². The zero-order valence-corrected chi connectivity index (χ0v) is 12.3. The number of ketones is 1. The Morgan fingerprint density at radius 1 is 1.15 bits per heavy atom. The van der Waals surface area contributed by atoms with Crippen LogP contribution in [0, 0.1) is 17.8 Å². The predicted molar refractivity (Wildman–Crippen MR) is 78.2 cm³/mol. The van der Waals surface area contributed by atoms with Crippen LogP contribution in [-0.4, -0.2) is 17.0 Å². The molecule has 0 N–H and O–H groups in total. The molecule has 5 atom stereocenters. The molecule has 0 radical (unpaired) electrons. The smallest absolute Gasteiger partial charge is 0.178 e. The van der Waals surface area contributed by atoms with Crippen LogP contribution in [0.2, 0.25) is 0 Å². The number of ether oxygens (including phenoxy) is 1. The van der Waals surface area contributed by atoms with Gasteiger partial charge in [-0.25, -0.2) is 0 Å². The molecule has 20 heavy (non-hydrogen) atoms. The van der Waals surface area contributed by atoms with Gasteiger partial charge in [-0.15, -0.1) is 0 Å². The molecule has 2 aliphatic heterocycles. The van der Waals surface area contributed by atoms with E-state index >= 15 is 0 Å². The van der Waals surface area contributed by atoms with Crippen LogP contribution in [0.3, 0.4) is 0 Å². The first kappa shape index (κ1) is 12.6. The van der Waals surface area contributed by atoms with Crippen molar-refractivity contribution in [2.45, 2.75) is 50.7 Å². The second kappa shape index (κ2) is 3.94. The van der Waals surface area contributed by atoms with E-state index in [-0.39, 0.29) is 17.0 Å². The molecule has 0 amide bonds. The van der Waals surface area contributed by atoms with E-state index in [9.17, 15) is 4.79 Å². The van der Waals surface area contributed by atoms with E-state index < -0.39 is 0 Å². The average Bonchev–Trinajstić information content (AvgIpc) is 2.92. The molecule has 2 fully saturated rings. The second-order valence-electron chi connectivity index (χ2n) is 7.14. The molecular weight excluding hydrogens is 248 g/mol. The van der Waals surface area contributed by atoms with Gasteiger partial charge in [-0.3, -0.25) is 4.79 Å². The van der Waals surface area contributed by atoms with E-state index in [1.807, 2.05) is 6.08 Å². The van der Waals surface area contributed by atoms with Crippen LogP contribution in [0.25, 0.3) is 0 Å². The van der Waals surface area contributed by atoms with Gasteiger partial charge in [0.05, 0.1) is 5.60 Å². The van der Waals surface area contributed by atoms with Crippen molar-refractivity contribution in [3.63, 3.8) is 0 Å². The summed E-state index contributed by atoms with van der Waals surface area (Å²) in [5, 5.41) is 0. The van der Waals surface area contributed by atoms with E-state index in [2.05, 4.69) is 26.0 Å². The third-order valence-electron chi connectivity index (χ3n) is 6.20. The topological polar surface area (TPSA) is 26.3 Å². The first-order chi connectivity index (χ1) is 9.55. The molecule has 2 bridgehead atoms. The number of hydrogen-bond acceptors (Lipinski definition) is 2. The molecule has 2 aliphatic carbocycles. The predicted octanol–water partition coefficient (Wildman–Crippen LogP) is 3.59. The number of carbonyl (C=O) groups is 1. The SMILES string of the molecule is C[C@@H]1[C@H]([C@]23C=CC4=CC(=O)C=C[C@@]4(CC2)O3)CC[C@@H]1C. The van der Waals surface area contributed by atoms with E-state index in [1.165, 1.54) is 12.8 Å².